The molecule has 186 valence electrons. The van der Waals surface area contributed by atoms with Crippen molar-refractivity contribution in [1.29, 1.82) is 0 Å². The quantitative estimate of drug-likeness (QED) is 0.490. The first-order valence-corrected chi connectivity index (χ1v) is 13.7. The van der Waals surface area contributed by atoms with Gasteiger partial charge in [-0.05, 0) is 86.1 Å². The highest BCUT2D eigenvalue weighted by molar-refractivity contribution is 5.64. The standard InChI is InChI=1S/C29H49N3O/c1-7-12-30-14-16-31(17-15-30)27-10-9-24(32-13-11-25(21-32)33-8-2)18-26(27)23-19-28(3,4)22-29(5,6)20-23/h9-10,18,23,25H,7-8,11-17,19-22H2,1-6H3. The fraction of sp³-hybridized carbons (Fsp3) is 0.793. The van der Waals surface area contributed by atoms with Crippen molar-refractivity contribution in [2.45, 2.75) is 85.7 Å². The van der Waals surface area contributed by atoms with Crippen molar-refractivity contribution < 1.29 is 4.74 Å². The zero-order valence-corrected chi connectivity index (χ0v) is 22.3. The van der Waals surface area contributed by atoms with Crippen molar-refractivity contribution in [3.05, 3.63) is 23.8 Å². The average Bonchev–Trinajstić information content (AvgIpc) is 3.21. The fourth-order valence-electron chi connectivity index (χ4n) is 7.28. The third-order valence-electron chi connectivity index (χ3n) is 8.17. The number of anilines is 2. The molecule has 0 N–H and O–H groups in total. The number of nitrogens with zero attached hydrogens (tertiary/aromatic N) is 3. The van der Waals surface area contributed by atoms with E-state index in [1.165, 1.54) is 56.7 Å². The van der Waals surface area contributed by atoms with Crippen LogP contribution in [0.2, 0.25) is 0 Å². The van der Waals surface area contributed by atoms with Crippen LogP contribution in [0.3, 0.4) is 0 Å². The molecule has 4 rings (SSSR count). The molecular formula is C29H49N3O. The van der Waals surface area contributed by atoms with Gasteiger partial charge in [0.1, 0.15) is 0 Å². The van der Waals surface area contributed by atoms with Gasteiger partial charge in [0.15, 0.2) is 0 Å². The molecule has 4 heteroatoms. The zero-order chi connectivity index (χ0) is 23.6. The second kappa shape index (κ2) is 10.2. The van der Waals surface area contributed by atoms with E-state index in [9.17, 15) is 0 Å². The summed E-state index contributed by atoms with van der Waals surface area (Å²) < 4.78 is 5.95. The molecule has 1 aliphatic carbocycles. The van der Waals surface area contributed by atoms with Gasteiger partial charge in [-0.15, -0.1) is 0 Å². The lowest BCUT2D eigenvalue weighted by atomic mass is 9.60. The molecule has 0 amide bonds. The molecule has 2 heterocycles. The van der Waals surface area contributed by atoms with E-state index in [4.69, 9.17) is 4.74 Å². The lowest BCUT2D eigenvalue weighted by molar-refractivity contribution is 0.0787. The minimum absolute atomic E-state index is 0.386. The van der Waals surface area contributed by atoms with E-state index >= 15 is 0 Å². The number of hydrogen-bond acceptors (Lipinski definition) is 4. The van der Waals surface area contributed by atoms with Crippen molar-refractivity contribution in [3.8, 4) is 0 Å². The first-order chi connectivity index (χ1) is 15.7. The molecule has 2 saturated heterocycles. The van der Waals surface area contributed by atoms with Gasteiger partial charge in [0.25, 0.3) is 0 Å². The van der Waals surface area contributed by atoms with Gasteiger partial charge in [0.2, 0.25) is 0 Å². The van der Waals surface area contributed by atoms with Crippen molar-refractivity contribution >= 4 is 11.4 Å². The van der Waals surface area contributed by atoms with E-state index in [2.05, 4.69) is 74.4 Å². The SMILES string of the molecule is CCCN1CCN(c2ccc(N3CCC(OCC)C3)cc2C2CC(C)(C)CC(C)(C)C2)CC1. The molecule has 33 heavy (non-hydrogen) atoms. The lowest BCUT2D eigenvalue weighted by Gasteiger charge is -2.46. The van der Waals surface area contributed by atoms with Gasteiger partial charge in [-0.2, -0.15) is 0 Å². The van der Waals surface area contributed by atoms with Crippen molar-refractivity contribution in [2.24, 2.45) is 10.8 Å². The fourth-order valence-corrected chi connectivity index (χ4v) is 7.28. The summed E-state index contributed by atoms with van der Waals surface area (Å²) in [5.74, 6) is 0.637. The van der Waals surface area contributed by atoms with Gasteiger partial charge in [0, 0.05) is 57.3 Å². The third kappa shape index (κ3) is 6.06. The predicted octanol–water partition coefficient (Wildman–Crippen LogP) is 6.15. The van der Waals surface area contributed by atoms with Crippen LogP contribution in [0.5, 0.6) is 0 Å². The minimum atomic E-state index is 0.386. The lowest BCUT2D eigenvalue weighted by Crippen LogP contribution is -2.47. The van der Waals surface area contributed by atoms with Crippen molar-refractivity contribution in [2.75, 3.05) is 62.2 Å². The van der Waals surface area contributed by atoms with Crippen LogP contribution in [0.1, 0.15) is 85.1 Å². The second-order valence-electron chi connectivity index (χ2n) is 12.5. The van der Waals surface area contributed by atoms with E-state index in [0.717, 1.165) is 39.2 Å². The highest BCUT2D eigenvalue weighted by Gasteiger charge is 2.40. The Balaban J connectivity index is 1.62. The Hall–Kier alpha value is -1.26. The Kier molecular flexibility index (Phi) is 7.65. The van der Waals surface area contributed by atoms with Crippen molar-refractivity contribution in [1.82, 2.24) is 4.90 Å². The first kappa shape index (κ1) is 24.9. The van der Waals surface area contributed by atoms with Crippen molar-refractivity contribution in [3.63, 3.8) is 0 Å². The molecule has 0 aromatic heterocycles. The second-order valence-corrected chi connectivity index (χ2v) is 12.5. The highest BCUT2D eigenvalue weighted by atomic mass is 16.5. The summed E-state index contributed by atoms with van der Waals surface area (Å²) in [4.78, 5) is 7.88. The van der Waals surface area contributed by atoms with Gasteiger partial charge in [-0.3, -0.25) is 4.90 Å². The Morgan fingerprint density at radius 2 is 1.61 bits per heavy atom. The number of rotatable bonds is 7. The van der Waals surface area contributed by atoms with E-state index in [0.29, 0.717) is 22.9 Å². The molecular weight excluding hydrogens is 406 g/mol. The van der Waals surface area contributed by atoms with Crippen LogP contribution >= 0.6 is 0 Å². The molecule has 3 aliphatic rings. The van der Waals surface area contributed by atoms with Crippen LogP contribution in [-0.4, -0.2) is 63.4 Å². The maximum absolute atomic E-state index is 5.95. The van der Waals surface area contributed by atoms with Gasteiger partial charge in [-0.25, -0.2) is 0 Å². The normalized spacial score (nSPS) is 26.2. The Labute approximate surface area is 203 Å². The summed E-state index contributed by atoms with van der Waals surface area (Å²) in [6.07, 6.45) is 6.70. The Morgan fingerprint density at radius 1 is 0.909 bits per heavy atom. The summed E-state index contributed by atoms with van der Waals surface area (Å²) in [6, 6.07) is 7.43. The van der Waals surface area contributed by atoms with E-state index in [1.807, 2.05) is 0 Å². The van der Waals surface area contributed by atoms with Crippen LogP contribution < -0.4 is 9.80 Å². The molecule has 1 atom stereocenters. The molecule has 1 aromatic rings. The first-order valence-electron chi connectivity index (χ1n) is 13.7. The molecule has 1 unspecified atom stereocenters. The molecule has 3 fully saturated rings. The number of piperazine rings is 1. The van der Waals surface area contributed by atoms with Gasteiger partial charge in [0.05, 0.1) is 6.10 Å². The molecule has 2 aliphatic heterocycles. The van der Waals surface area contributed by atoms with E-state index in [-0.39, 0.29) is 0 Å². The van der Waals surface area contributed by atoms with E-state index < -0.39 is 0 Å². The molecule has 1 aromatic carbocycles. The average molecular weight is 456 g/mol. The molecule has 4 nitrogen and oxygen atoms in total. The van der Waals surface area contributed by atoms with Crippen LogP contribution in [0.15, 0.2) is 18.2 Å². The summed E-state index contributed by atoms with van der Waals surface area (Å²) in [6.45, 7) is 23.3. The smallest absolute Gasteiger partial charge is 0.0766 e. The maximum Gasteiger partial charge on any atom is 0.0766 e. The van der Waals surface area contributed by atoms with Crippen LogP contribution in [-0.2, 0) is 4.74 Å². The van der Waals surface area contributed by atoms with Gasteiger partial charge < -0.3 is 14.5 Å². The number of ether oxygens (including phenoxy) is 1. The van der Waals surface area contributed by atoms with Crippen LogP contribution in [0, 0.1) is 10.8 Å². The Bertz CT molecular complexity index is 765. The molecule has 0 spiro atoms. The molecule has 0 radical (unpaired) electrons. The van der Waals surface area contributed by atoms with Gasteiger partial charge >= 0.3 is 0 Å². The summed E-state index contributed by atoms with van der Waals surface area (Å²) >= 11 is 0. The number of hydrogen-bond donors (Lipinski definition) is 0. The summed E-state index contributed by atoms with van der Waals surface area (Å²) in [5.41, 5.74) is 5.31. The predicted molar refractivity (Wildman–Crippen MR) is 142 cm³/mol. The van der Waals surface area contributed by atoms with Crippen LogP contribution in [0.25, 0.3) is 0 Å². The monoisotopic (exact) mass is 455 g/mol. The largest absolute Gasteiger partial charge is 0.377 e. The summed E-state index contributed by atoms with van der Waals surface area (Å²) in [5, 5.41) is 0. The maximum atomic E-state index is 5.95. The van der Waals surface area contributed by atoms with Gasteiger partial charge in [-0.1, -0.05) is 34.6 Å². The number of benzene rings is 1. The molecule has 0 bridgehead atoms. The zero-order valence-electron chi connectivity index (χ0n) is 22.3. The third-order valence-corrected chi connectivity index (χ3v) is 8.17. The Morgan fingerprint density at radius 3 is 2.24 bits per heavy atom. The van der Waals surface area contributed by atoms with Crippen LogP contribution in [0.4, 0.5) is 11.4 Å². The topological polar surface area (TPSA) is 19.0 Å². The molecule has 1 saturated carbocycles. The van der Waals surface area contributed by atoms with E-state index in [1.54, 1.807) is 5.56 Å². The minimum Gasteiger partial charge on any atom is -0.377 e. The summed E-state index contributed by atoms with van der Waals surface area (Å²) in [7, 11) is 0. The highest BCUT2D eigenvalue weighted by Crippen LogP contribution is 2.53.